The Bertz CT molecular complexity index is 366. The van der Waals surface area contributed by atoms with Gasteiger partial charge in [-0.2, -0.15) is 5.26 Å². The van der Waals surface area contributed by atoms with Crippen LogP contribution in [0.1, 0.15) is 9.67 Å². The van der Waals surface area contributed by atoms with E-state index in [1.165, 1.54) is 23.1 Å². The molecule has 1 aromatic heterocycles. The number of anilines is 1. The zero-order chi connectivity index (χ0) is 9.84. The number of amides is 1. The number of hydrogen-bond acceptors (Lipinski definition) is 5. The fourth-order valence-electron chi connectivity index (χ4n) is 0.764. The summed E-state index contributed by atoms with van der Waals surface area (Å²) < 4.78 is 0. The van der Waals surface area contributed by atoms with Crippen molar-refractivity contribution in [3.8, 4) is 6.07 Å². The molecule has 0 unspecified atom stereocenters. The number of nitriles is 1. The predicted molar refractivity (Wildman–Crippen MR) is 53.6 cm³/mol. The average Bonchev–Trinajstić information content (AvgIpc) is 2.43. The molecule has 4 N–H and O–H groups in total. The zero-order valence-electron chi connectivity index (χ0n) is 6.61. The van der Waals surface area contributed by atoms with Gasteiger partial charge in [-0.05, 0) is 0 Å². The number of nitrogens with two attached hydrogens (primary N) is 2. The number of nitrogens with zero attached hydrogens (tertiary/aromatic N) is 1. The predicted octanol–water partition coefficient (Wildman–Crippen LogP) is 1.04. The van der Waals surface area contributed by atoms with Gasteiger partial charge in [0.25, 0.3) is 5.91 Å². The molecule has 6 heteroatoms. The van der Waals surface area contributed by atoms with Crippen molar-refractivity contribution in [2.24, 2.45) is 5.73 Å². The number of thiophene rings is 1. The summed E-state index contributed by atoms with van der Waals surface area (Å²) in [5, 5.41) is 10.1. The van der Waals surface area contributed by atoms with Crippen LogP contribution in [0.4, 0.5) is 5.69 Å². The fourth-order valence-corrected chi connectivity index (χ4v) is 2.43. The van der Waals surface area contributed by atoms with Gasteiger partial charge < -0.3 is 11.5 Å². The fraction of sp³-hybridized carbons (Fsp3) is 0.143. The molecule has 0 atom stereocenters. The Labute approximate surface area is 83.5 Å². The third kappa shape index (κ3) is 2.14. The Balaban J connectivity index is 2.88. The van der Waals surface area contributed by atoms with Crippen molar-refractivity contribution in [1.29, 1.82) is 5.26 Å². The van der Waals surface area contributed by atoms with E-state index in [-0.39, 0.29) is 0 Å². The second-order valence-corrected chi connectivity index (χ2v) is 4.05. The minimum atomic E-state index is -0.522. The monoisotopic (exact) mass is 213 g/mol. The molecular formula is C7H7N3OS2. The van der Waals surface area contributed by atoms with Crippen molar-refractivity contribution < 1.29 is 4.79 Å². The number of hydrogen-bond donors (Lipinski definition) is 2. The molecule has 4 nitrogen and oxygen atoms in total. The van der Waals surface area contributed by atoms with Crippen LogP contribution in [0.2, 0.25) is 0 Å². The van der Waals surface area contributed by atoms with E-state index in [1.54, 1.807) is 5.38 Å². The maximum atomic E-state index is 10.8. The van der Waals surface area contributed by atoms with Gasteiger partial charge in [-0.25, -0.2) is 0 Å². The van der Waals surface area contributed by atoms with Gasteiger partial charge >= 0.3 is 0 Å². The van der Waals surface area contributed by atoms with E-state index < -0.39 is 5.91 Å². The van der Waals surface area contributed by atoms with Crippen LogP contribution in [0.5, 0.6) is 0 Å². The summed E-state index contributed by atoms with van der Waals surface area (Å²) in [5.41, 5.74) is 11.1. The molecule has 1 rings (SSSR count). The molecule has 0 saturated heterocycles. The Morgan fingerprint density at radius 3 is 2.92 bits per heavy atom. The first-order valence-corrected chi connectivity index (χ1v) is 5.20. The second-order valence-electron chi connectivity index (χ2n) is 2.15. The molecule has 0 saturated carbocycles. The SMILES string of the molecule is N#CCSc1csc(C(N)=O)c1N. The smallest absolute Gasteiger partial charge is 0.260 e. The average molecular weight is 213 g/mol. The van der Waals surface area contributed by atoms with Crippen LogP contribution in [0.25, 0.3) is 0 Å². The van der Waals surface area contributed by atoms with Crippen LogP contribution in [-0.4, -0.2) is 11.7 Å². The lowest BCUT2D eigenvalue weighted by Crippen LogP contribution is -2.10. The van der Waals surface area contributed by atoms with E-state index in [1.807, 2.05) is 6.07 Å². The molecule has 0 fully saturated rings. The van der Waals surface area contributed by atoms with Gasteiger partial charge in [0, 0.05) is 10.3 Å². The third-order valence-electron chi connectivity index (χ3n) is 1.31. The minimum Gasteiger partial charge on any atom is -0.396 e. The van der Waals surface area contributed by atoms with Gasteiger partial charge in [0.05, 0.1) is 17.5 Å². The number of primary amides is 1. The molecule has 1 heterocycles. The summed E-state index contributed by atoms with van der Waals surface area (Å²) >= 11 is 2.51. The highest BCUT2D eigenvalue weighted by atomic mass is 32.2. The van der Waals surface area contributed by atoms with Crippen molar-refractivity contribution in [3.63, 3.8) is 0 Å². The van der Waals surface area contributed by atoms with Gasteiger partial charge in [0.15, 0.2) is 0 Å². The molecule has 0 aromatic carbocycles. The largest absolute Gasteiger partial charge is 0.396 e. The summed E-state index contributed by atoms with van der Waals surface area (Å²) in [6, 6.07) is 1.98. The van der Waals surface area contributed by atoms with Crippen LogP contribution in [-0.2, 0) is 0 Å². The van der Waals surface area contributed by atoms with Crippen LogP contribution in [0, 0.1) is 11.3 Å². The van der Waals surface area contributed by atoms with Gasteiger partial charge in [0.1, 0.15) is 4.88 Å². The number of rotatable bonds is 3. The molecule has 0 radical (unpaired) electrons. The molecule has 0 spiro atoms. The van der Waals surface area contributed by atoms with Crippen molar-refractivity contribution in [1.82, 2.24) is 0 Å². The second kappa shape index (κ2) is 4.16. The Morgan fingerprint density at radius 2 is 2.46 bits per heavy atom. The van der Waals surface area contributed by atoms with E-state index in [0.717, 1.165) is 4.90 Å². The zero-order valence-corrected chi connectivity index (χ0v) is 8.24. The summed E-state index contributed by atoms with van der Waals surface area (Å²) in [4.78, 5) is 11.9. The highest BCUT2D eigenvalue weighted by Gasteiger charge is 2.12. The molecule has 0 aliphatic rings. The molecular weight excluding hydrogens is 206 g/mol. The van der Waals surface area contributed by atoms with E-state index >= 15 is 0 Å². The Hall–Kier alpha value is -1.19. The maximum absolute atomic E-state index is 10.8. The number of thioether (sulfide) groups is 1. The first-order chi connectivity index (χ1) is 6.16. The first kappa shape index (κ1) is 9.89. The van der Waals surface area contributed by atoms with E-state index in [9.17, 15) is 4.79 Å². The van der Waals surface area contributed by atoms with Gasteiger partial charge in [-0.3, -0.25) is 4.79 Å². The molecule has 0 aliphatic carbocycles. The topological polar surface area (TPSA) is 92.9 Å². The van der Waals surface area contributed by atoms with E-state index in [4.69, 9.17) is 16.7 Å². The number of carbonyl (C=O) groups excluding carboxylic acids is 1. The molecule has 13 heavy (non-hydrogen) atoms. The lowest BCUT2D eigenvalue weighted by molar-refractivity contribution is 0.100. The van der Waals surface area contributed by atoms with Crippen molar-refractivity contribution in [3.05, 3.63) is 10.3 Å². The van der Waals surface area contributed by atoms with Crippen molar-refractivity contribution in [2.75, 3.05) is 11.5 Å². The van der Waals surface area contributed by atoms with E-state index in [2.05, 4.69) is 0 Å². The van der Waals surface area contributed by atoms with Crippen LogP contribution < -0.4 is 11.5 Å². The molecule has 68 valence electrons. The Kier molecular flexibility index (Phi) is 3.17. The Morgan fingerprint density at radius 1 is 1.77 bits per heavy atom. The number of carbonyl (C=O) groups is 1. The highest BCUT2D eigenvalue weighted by molar-refractivity contribution is 7.99. The molecule has 1 amide bonds. The van der Waals surface area contributed by atoms with Crippen molar-refractivity contribution >= 4 is 34.7 Å². The minimum absolute atomic E-state index is 0.319. The third-order valence-corrected chi connectivity index (χ3v) is 3.39. The maximum Gasteiger partial charge on any atom is 0.260 e. The summed E-state index contributed by atoms with van der Waals surface area (Å²) in [5.74, 6) is -0.203. The van der Waals surface area contributed by atoms with E-state index in [0.29, 0.717) is 16.3 Å². The molecule has 1 aromatic rings. The highest BCUT2D eigenvalue weighted by Crippen LogP contribution is 2.32. The van der Waals surface area contributed by atoms with Crippen molar-refractivity contribution in [2.45, 2.75) is 4.90 Å². The number of nitrogen functional groups attached to an aromatic ring is 1. The standard InChI is InChI=1S/C7H7N3OS2/c8-1-2-12-4-3-13-6(5(4)9)7(10)11/h3H,2,9H2,(H2,10,11). The lowest BCUT2D eigenvalue weighted by atomic mass is 10.4. The summed E-state index contributed by atoms with van der Waals surface area (Å²) in [7, 11) is 0. The van der Waals surface area contributed by atoms with Gasteiger partial charge in [-0.15, -0.1) is 23.1 Å². The molecule has 0 bridgehead atoms. The summed E-state index contributed by atoms with van der Waals surface area (Å²) in [6.07, 6.45) is 0. The van der Waals surface area contributed by atoms with Crippen LogP contribution in [0.3, 0.4) is 0 Å². The van der Waals surface area contributed by atoms with Gasteiger partial charge in [-0.1, -0.05) is 0 Å². The first-order valence-electron chi connectivity index (χ1n) is 3.33. The lowest BCUT2D eigenvalue weighted by Gasteiger charge is -1.95. The van der Waals surface area contributed by atoms with Crippen LogP contribution in [0.15, 0.2) is 10.3 Å². The van der Waals surface area contributed by atoms with Gasteiger partial charge in [0.2, 0.25) is 0 Å². The summed E-state index contributed by atoms with van der Waals surface area (Å²) in [6.45, 7) is 0. The molecule has 0 aliphatic heterocycles. The normalized spacial score (nSPS) is 9.46. The van der Waals surface area contributed by atoms with Crippen LogP contribution >= 0.6 is 23.1 Å². The quantitative estimate of drug-likeness (QED) is 0.734.